The predicted molar refractivity (Wildman–Crippen MR) is 110 cm³/mol. The van der Waals surface area contributed by atoms with Crippen molar-refractivity contribution in [1.29, 1.82) is 0 Å². The lowest BCUT2D eigenvalue weighted by Gasteiger charge is -2.10. The average molecular weight is 414 g/mol. The van der Waals surface area contributed by atoms with E-state index in [1.807, 2.05) is 44.2 Å². The second-order valence-electron chi connectivity index (χ2n) is 6.85. The van der Waals surface area contributed by atoms with E-state index in [2.05, 4.69) is 10.6 Å². The van der Waals surface area contributed by atoms with E-state index in [4.69, 9.17) is 14.2 Å². The Morgan fingerprint density at radius 3 is 2.13 bits per heavy atom. The van der Waals surface area contributed by atoms with E-state index < -0.39 is 24.5 Å². The van der Waals surface area contributed by atoms with Crippen LogP contribution in [0.2, 0.25) is 0 Å². The van der Waals surface area contributed by atoms with Crippen LogP contribution in [-0.4, -0.2) is 37.7 Å². The minimum atomic E-state index is -0.725. The zero-order valence-electron chi connectivity index (χ0n) is 17.1. The molecule has 0 unspecified atom stereocenters. The predicted octanol–water partition coefficient (Wildman–Crippen LogP) is 2.67. The van der Waals surface area contributed by atoms with Crippen LogP contribution < -0.4 is 20.1 Å². The molecule has 0 heterocycles. The van der Waals surface area contributed by atoms with Crippen molar-refractivity contribution in [2.75, 3.05) is 19.8 Å². The van der Waals surface area contributed by atoms with Crippen LogP contribution in [0, 0.1) is 5.92 Å². The summed E-state index contributed by atoms with van der Waals surface area (Å²) in [5, 5.41) is 4.60. The first-order valence-electron chi connectivity index (χ1n) is 9.55. The Morgan fingerprint density at radius 2 is 1.50 bits per heavy atom. The Hall–Kier alpha value is -3.55. The smallest absolute Gasteiger partial charge is 0.344 e. The van der Waals surface area contributed by atoms with Crippen molar-refractivity contribution in [1.82, 2.24) is 10.6 Å². The highest BCUT2D eigenvalue weighted by Crippen LogP contribution is 2.18. The fraction of sp³-hybridized carbons (Fsp3) is 0.318. The van der Waals surface area contributed by atoms with Gasteiger partial charge in [-0.1, -0.05) is 44.2 Å². The van der Waals surface area contributed by atoms with Crippen molar-refractivity contribution in [3.8, 4) is 11.5 Å². The zero-order valence-corrected chi connectivity index (χ0v) is 17.1. The summed E-state index contributed by atoms with van der Waals surface area (Å²) >= 11 is 0. The molecule has 0 spiro atoms. The van der Waals surface area contributed by atoms with Crippen LogP contribution >= 0.6 is 0 Å². The van der Waals surface area contributed by atoms with E-state index in [-0.39, 0.29) is 12.5 Å². The van der Waals surface area contributed by atoms with Gasteiger partial charge >= 0.3 is 12.0 Å². The van der Waals surface area contributed by atoms with E-state index >= 15 is 0 Å². The molecule has 30 heavy (non-hydrogen) atoms. The Kier molecular flexibility index (Phi) is 9.18. The zero-order chi connectivity index (χ0) is 21.8. The van der Waals surface area contributed by atoms with Crippen LogP contribution in [0.15, 0.2) is 54.6 Å². The Labute approximate surface area is 175 Å². The molecule has 0 radical (unpaired) electrons. The molecule has 2 aromatic carbocycles. The van der Waals surface area contributed by atoms with Gasteiger partial charge in [-0.15, -0.1) is 0 Å². The molecule has 0 bridgehead atoms. The van der Waals surface area contributed by atoms with Crippen LogP contribution in [0.3, 0.4) is 0 Å². The van der Waals surface area contributed by atoms with Gasteiger partial charge in [0, 0.05) is 6.54 Å². The van der Waals surface area contributed by atoms with E-state index in [1.54, 1.807) is 24.3 Å². The first-order chi connectivity index (χ1) is 14.4. The van der Waals surface area contributed by atoms with Crippen molar-refractivity contribution in [2.24, 2.45) is 5.92 Å². The molecule has 0 aliphatic rings. The third-order valence-electron chi connectivity index (χ3n) is 3.72. The van der Waals surface area contributed by atoms with Crippen LogP contribution in [-0.2, 0) is 20.9 Å². The summed E-state index contributed by atoms with van der Waals surface area (Å²) in [5.74, 6) is -0.0651. The van der Waals surface area contributed by atoms with Gasteiger partial charge in [-0.2, -0.15) is 0 Å². The molecular formula is C22H26N2O6. The van der Waals surface area contributed by atoms with Gasteiger partial charge in [-0.05, 0) is 35.7 Å². The third-order valence-corrected chi connectivity index (χ3v) is 3.72. The van der Waals surface area contributed by atoms with E-state index in [0.29, 0.717) is 24.7 Å². The number of amides is 3. The quantitative estimate of drug-likeness (QED) is 0.580. The van der Waals surface area contributed by atoms with Gasteiger partial charge in [0.1, 0.15) is 18.1 Å². The Bertz CT molecular complexity index is 821. The number of ether oxygens (including phenoxy) is 3. The fourth-order valence-corrected chi connectivity index (χ4v) is 2.21. The minimum absolute atomic E-state index is 0.255. The molecule has 8 heteroatoms. The number of carbonyl (C=O) groups excluding carboxylic acids is 3. The van der Waals surface area contributed by atoms with Crippen molar-refractivity contribution < 1.29 is 28.6 Å². The normalized spacial score (nSPS) is 10.2. The topological polar surface area (TPSA) is 103 Å². The summed E-state index contributed by atoms with van der Waals surface area (Å²) in [6.45, 7) is 3.80. The number of imide groups is 1. The summed E-state index contributed by atoms with van der Waals surface area (Å²) < 4.78 is 15.8. The van der Waals surface area contributed by atoms with Crippen LogP contribution in [0.4, 0.5) is 4.79 Å². The van der Waals surface area contributed by atoms with Gasteiger partial charge < -0.3 is 19.5 Å². The molecule has 160 valence electrons. The van der Waals surface area contributed by atoms with Crippen molar-refractivity contribution in [3.05, 3.63) is 60.2 Å². The number of hydrogen-bond acceptors (Lipinski definition) is 6. The molecule has 0 saturated carbocycles. The average Bonchev–Trinajstić information content (AvgIpc) is 2.75. The van der Waals surface area contributed by atoms with Crippen molar-refractivity contribution in [3.63, 3.8) is 0 Å². The van der Waals surface area contributed by atoms with Gasteiger partial charge in [-0.3, -0.25) is 10.1 Å². The molecule has 2 aromatic rings. The van der Waals surface area contributed by atoms with E-state index in [9.17, 15) is 14.4 Å². The number of nitrogens with one attached hydrogen (secondary N) is 2. The lowest BCUT2D eigenvalue weighted by atomic mass is 10.2. The number of hydrogen-bond donors (Lipinski definition) is 2. The van der Waals surface area contributed by atoms with Gasteiger partial charge in [0.25, 0.3) is 5.91 Å². The fourth-order valence-electron chi connectivity index (χ4n) is 2.21. The third kappa shape index (κ3) is 9.09. The summed E-state index contributed by atoms with van der Waals surface area (Å²) in [5.41, 5.74) is 1.06. The monoisotopic (exact) mass is 414 g/mol. The van der Waals surface area contributed by atoms with Crippen molar-refractivity contribution >= 4 is 17.9 Å². The molecule has 0 aromatic heterocycles. The minimum Gasteiger partial charge on any atom is -0.489 e. The molecule has 2 N–H and O–H groups in total. The maximum atomic E-state index is 11.7. The number of esters is 1. The largest absolute Gasteiger partial charge is 0.489 e. The number of carbonyl (C=O) groups is 3. The maximum Gasteiger partial charge on any atom is 0.344 e. The van der Waals surface area contributed by atoms with Crippen LogP contribution in [0.1, 0.15) is 19.4 Å². The van der Waals surface area contributed by atoms with E-state index in [0.717, 1.165) is 5.56 Å². The van der Waals surface area contributed by atoms with Crippen LogP contribution in [0.25, 0.3) is 0 Å². The highest BCUT2D eigenvalue weighted by atomic mass is 16.6. The second kappa shape index (κ2) is 12.1. The molecular weight excluding hydrogens is 388 g/mol. The highest BCUT2D eigenvalue weighted by Gasteiger charge is 2.11. The van der Waals surface area contributed by atoms with Gasteiger partial charge in [0.2, 0.25) is 0 Å². The number of urea groups is 1. The number of benzene rings is 2. The lowest BCUT2D eigenvalue weighted by Crippen LogP contribution is -2.42. The highest BCUT2D eigenvalue weighted by molar-refractivity contribution is 5.95. The first-order valence-corrected chi connectivity index (χ1v) is 9.55. The standard InChI is InChI=1S/C22H26N2O6/c1-16(2)12-23-22(27)24-20(25)14-30-21(26)15-29-19-10-8-18(9-11-19)28-13-17-6-4-3-5-7-17/h3-11,16H,12-15H2,1-2H3,(H2,23,24,25,27). The van der Waals surface area contributed by atoms with Gasteiger partial charge in [-0.25, -0.2) is 9.59 Å². The van der Waals surface area contributed by atoms with Crippen LogP contribution in [0.5, 0.6) is 11.5 Å². The van der Waals surface area contributed by atoms with Gasteiger partial charge in [0.05, 0.1) is 0 Å². The summed E-state index contributed by atoms with van der Waals surface area (Å²) in [4.78, 5) is 34.7. The molecule has 3 amide bonds. The Morgan fingerprint density at radius 1 is 0.867 bits per heavy atom. The Balaban J connectivity index is 1.64. The SMILES string of the molecule is CC(C)CNC(=O)NC(=O)COC(=O)COc1ccc(OCc2ccccc2)cc1. The molecule has 0 aliphatic carbocycles. The first kappa shape index (κ1) is 22.7. The lowest BCUT2D eigenvalue weighted by molar-refractivity contribution is -0.150. The number of rotatable bonds is 10. The van der Waals surface area contributed by atoms with E-state index in [1.165, 1.54) is 0 Å². The molecule has 0 aliphatic heterocycles. The molecule has 2 rings (SSSR count). The van der Waals surface area contributed by atoms with Gasteiger partial charge in [0.15, 0.2) is 13.2 Å². The maximum absolute atomic E-state index is 11.7. The van der Waals surface area contributed by atoms with Crippen molar-refractivity contribution in [2.45, 2.75) is 20.5 Å². The summed E-state index contributed by atoms with van der Waals surface area (Å²) in [6, 6.07) is 15.9. The molecule has 8 nitrogen and oxygen atoms in total. The molecule has 0 saturated heterocycles. The molecule has 0 atom stereocenters. The molecule has 0 fully saturated rings. The summed E-state index contributed by atoms with van der Waals surface area (Å²) in [6.07, 6.45) is 0. The second-order valence-corrected chi connectivity index (χ2v) is 6.85. The summed E-state index contributed by atoms with van der Waals surface area (Å²) in [7, 11) is 0.